The summed E-state index contributed by atoms with van der Waals surface area (Å²) in [6.45, 7) is -0.367. The molecule has 1 aliphatic carbocycles. The van der Waals surface area contributed by atoms with Crippen LogP contribution in [0.4, 0.5) is 13.2 Å². The van der Waals surface area contributed by atoms with Crippen LogP contribution in [0.25, 0.3) is 0 Å². The molecule has 0 spiro atoms. The molecule has 0 heterocycles. The molecule has 13 heavy (non-hydrogen) atoms. The number of halogens is 3. The Labute approximate surface area is 75.7 Å². The lowest BCUT2D eigenvalue weighted by Gasteiger charge is -2.29. The van der Waals surface area contributed by atoms with Crippen LogP contribution in [0.5, 0.6) is 0 Å². The smallest absolute Gasteiger partial charge is 0.330 e. The number of hydrogen-bond donors (Lipinski definition) is 2. The van der Waals surface area contributed by atoms with Gasteiger partial charge in [0.25, 0.3) is 0 Å². The summed E-state index contributed by atoms with van der Waals surface area (Å²) in [6.07, 6.45) is -1.05. The zero-order valence-electron chi connectivity index (χ0n) is 7.40. The topological polar surface area (TPSA) is 38.0 Å². The summed E-state index contributed by atoms with van der Waals surface area (Å²) < 4.78 is 36.5. The van der Waals surface area contributed by atoms with E-state index in [4.69, 9.17) is 5.73 Å². The second-order valence-corrected chi connectivity index (χ2v) is 3.51. The van der Waals surface area contributed by atoms with E-state index in [1.807, 2.05) is 0 Å². The largest absolute Gasteiger partial charge is 0.394 e. The Balaban J connectivity index is 2.22. The minimum Gasteiger partial charge on any atom is -0.330 e. The molecule has 1 atom stereocenters. The zero-order chi connectivity index (χ0) is 9.90. The van der Waals surface area contributed by atoms with Crippen molar-refractivity contribution in [1.82, 2.24) is 5.32 Å². The molecule has 0 radical (unpaired) electrons. The Bertz CT molecular complexity index is 154. The normalized spacial score (nSPS) is 21.2. The quantitative estimate of drug-likeness (QED) is 0.710. The summed E-state index contributed by atoms with van der Waals surface area (Å²) in [7, 11) is 0. The highest BCUT2D eigenvalue weighted by Gasteiger charge is 2.38. The van der Waals surface area contributed by atoms with Gasteiger partial charge >= 0.3 is 6.18 Å². The summed E-state index contributed by atoms with van der Waals surface area (Å²) in [5.41, 5.74) is 5.04. The van der Waals surface area contributed by atoms with Gasteiger partial charge in [-0.2, -0.15) is 13.2 Å². The van der Waals surface area contributed by atoms with E-state index >= 15 is 0 Å². The first-order valence-corrected chi connectivity index (χ1v) is 4.54. The third-order valence-electron chi connectivity index (χ3n) is 2.51. The van der Waals surface area contributed by atoms with E-state index in [9.17, 15) is 13.2 Å². The number of hydrogen-bond acceptors (Lipinski definition) is 2. The van der Waals surface area contributed by atoms with E-state index in [0.717, 1.165) is 19.3 Å². The molecule has 1 aliphatic rings. The molecule has 0 aromatic carbocycles. The maximum absolute atomic E-state index is 12.2. The maximum atomic E-state index is 12.2. The number of nitrogens with two attached hydrogens (primary N) is 1. The molecule has 0 aliphatic heterocycles. The lowest BCUT2D eigenvalue weighted by atomic mass is 9.92. The standard InChI is InChI=1S/C8H15F3N2/c9-8(10,11)6(4-12)5-13-7-2-1-3-7/h6-7,13H,1-5,12H2. The molecule has 2 nitrogen and oxygen atoms in total. The highest BCUT2D eigenvalue weighted by Crippen LogP contribution is 2.26. The van der Waals surface area contributed by atoms with Crippen molar-refractivity contribution < 1.29 is 13.2 Å². The van der Waals surface area contributed by atoms with Crippen LogP contribution in [0.3, 0.4) is 0 Å². The van der Waals surface area contributed by atoms with Crippen molar-refractivity contribution in [1.29, 1.82) is 0 Å². The van der Waals surface area contributed by atoms with Crippen LogP contribution in [0.2, 0.25) is 0 Å². The van der Waals surface area contributed by atoms with Gasteiger partial charge in [-0.3, -0.25) is 0 Å². The van der Waals surface area contributed by atoms with Crippen LogP contribution < -0.4 is 11.1 Å². The summed E-state index contributed by atoms with van der Waals surface area (Å²) in [5, 5.41) is 2.88. The minimum absolute atomic E-state index is 0.0370. The van der Waals surface area contributed by atoms with Crippen molar-refractivity contribution >= 4 is 0 Å². The lowest BCUT2D eigenvalue weighted by molar-refractivity contribution is -0.170. The zero-order valence-corrected chi connectivity index (χ0v) is 7.40. The first-order chi connectivity index (χ1) is 6.04. The highest BCUT2D eigenvalue weighted by molar-refractivity contribution is 4.79. The van der Waals surface area contributed by atoms with Gasteiger partial charge in [-0.05, 0) is 12.8 Å². The van der Waals surface area contributed by atoms with Gasteiger partial charge < -0.3 is 11.1 Å². The van der Waals surface area contributed by atoms with E-state index in [0.29, 0.717) is 0 Å². The summed E-state index contributed by atoms with van der Waals surface area (Å²) in [6, 6.07) is 0.288. The Morgan fingerprint density at radius 2 is 2.00 bits per heavy atom. The fourth-order valence-corrected chi connectivity index (χ4v) is 1.25. The number of alkyl halides is 3. The van der Waals surface area contributed by atoms with Crippen LogP contribution in [-0.2, 0) is 0 Å². The van der Waals surface area contributed by atoms with Gasteiger partial charge in [0.15, 0.2) is 0 Å². The second-order valence-electron chi connectivity index (χ2n) is 3.51. The molecule has 5 heteroatoms. The van der Waals surface area contributed by atoms with Crippen LogP contribution in [0.1, 0.15) is 19.3 Å². The molecular formula is C8H15F3N2. The summed E-state index contributed by atoms with van der Waals surface area (Å²) in [4.78, 5) is 0. The van der Waals surface area contributed by atoms with Crippen LogP contribution in [0.15, 0.2) is 0 Å². The summed E-state index contributed by atoms with van der Waals surface area (Å²) in [5.74, 6) is -1.40. The highest BCUT2D eigenvalue weighted by atomic mass is 19.4. The van der Waals surface area contributed by atoms with E-state index in [1.54, 1.807) is 0 Å². The fraction of sp³-hybridized carbons (Fsp3) is 1.00. The van der Waals surface area contributed by atoms with Crippen molar-refractivity contribution in [3.8, 4) is 0 Å². The molecule has 0 aromatic rings. The van der Waals surface area contributed by atoms with E-state index < -0.39 is 12.1 Å². The van der Waals surface area contributed by atoms with Gasteiger partial charge in [0.1, 0.15) is 0 Å². The summed E-state index contributed by atoms with van der Waals surface area (Å²) >= 11 is 0. The lowest BCUT2D eigenvalue weighted by Crippen LogP contribution is -2.44. The molecule has 0 aromatic heterocycles. The Kier molecular flexibility index (Phi) is 3.55. The van der Waals surface area contributed by atoms with E-state index in [1.165, 1.54) is 0 Å². The molecule has 1 rings (SSSR count). The third-order valence-corrected chi connectivity index (χ3v) is 2.51. The first kappa shape index (κ1) is 10.8. The molecule has 78 valence electrons. The Morgan fingerprint density at radius 1 is 1.38 bits per heavy atom. The van der Waals surface area contributed by atoms with Crippen LogP contribution in [0, 0.1) is 5.92 Å². The average Bonchev–Trinajstić information content (AvgIpc) is 1.91. The average molecular weight is 196 g/mol. The monoisotopic (exact) mass is 196 g/mol. The number of nitrogens with one attached hydrogen (secondary N) is 1. The number of rotatable bonds is 4. The van der Waals surface area contributed by atoms with Gasteiger partial charge in [-0.25, -0.2) is 0 Å². The van der Waals surface area contributed by atoms with Crippen molar-refractivity contribution in [3.63, 3.8) is 0 Å². The van der Waals surface area contributed by atoms with E-state index in [2.05, 4.69) is 5.32 Å². The molecule has 0 amide bonds. The molecule has 0 bridgehead atoms. The van der Waals surface area contributed by atoms with Gasteiger partial charge in [-0.1, -0.05) is 6.42 Å². The van der Waals surface area contributed by atoms with Crippen LogP contribution in [-0.4, -0.2) is 25.3 Å². The molecule has 1 saturated carbocycles. The van der Waals surface area contributed by atoms with Gasteiger partial charge in [0.05, 0.1) is 5.92 Å². The fourth-order valence-electron chi connectivity index (χ4n) is 1.25. The maximum Gasteiger partial charge on any atom is 0.394 e. The second kappa shape index (κ2) is 4.28. The van der Waals surface area contributed by atoms with E-state index in [-0.39, 0.29) is 19.1 Å². The predicted octanol–water partition coefficient (Wildman–Crippen LogP) is 1.27. The van der Waals surface area contributed by atoms with Crippen molar-refractivity contribution in [2.75, 3.05) is 13.1 Å². The molecule has 0 saturated heterocycles. The van der Waals surface area contributed by atoms with Crippen LogP contribution >= 0.6 is 0 Å². The molecular weight excluding hydrogens is 181 g/mol. The Morgan fingerprint density at radius 3 is 2.31 bits per heavy atom. The first-order valence-electron chi connectivity index (χ1n) is 4.54. The van der Waals surface area contributed by atoms with Crippen molar-refractivity contribution in [2.24, 2.45) is 11.7 Å². The third kappa shape index (κ3) is 3.15. The van der Waals surface area contributed by atoms with Crippen molar-refractivity contribution in [3.05, 3.63) is 0 Å². The molecule has 1 unspecified atom stereocenters. The Hall–Kier alpha value is -0.290. The van der Waals surface area contributed by atoms with Gasteiger partial charge in [0, 0.05) is 19.1 Å². The predicted molar refractivity (Wildman–Crippen MR) is 44.2 cm³/mol. The molecule has 1 fully saturated rings. The molecule has 3 N–H and O–H groups in total. The minimum atomic E-state index is -4.16. The SMILES string of the molecule is NCC(CNC1CCC1)C(F)(F)F. The van der Waals surface area contributed by atoms with Gasteiger partial charge in [-0.15, -0.1) is 0 Å². The van der Waals surface area contributed by atoms with Gasteiger partial charge in [0.2, 0.25) is 0 Å². The van der Waals surface area contributed by atoms with Crippen molar-refractivity contribution in [2.45, 2.75) is 31.5 Å².